The normalized spacial score (nSPS) is 24.2. The predicted octanol–water partition coefficient (Wildman–Crippen LogP) is 5.83. The number of unbranched alkanes of at least 4 members (excludes halogenated alkanes) is 5. The first kappa shape index (κ1) is 25.5. The summed E-state index contributed by atoms with van der Waals surface area (Å²) in [6, 6.07) is 0. The number of carbonyl (C=O) groups is 2. The third-order valence-corrected chi connectivity index (χ3v) is 6.50. The van der Waals surface area contributed by atoms with Gasteiger partial charge in [0.05, 0.1) is 0 Å². The van der Waals surface area contributed by atoms with Crippen LogP contribution in [0.1, 0.15) is 92.4 Å². The summed E-state index contributed by atoms with van der Waals surface area (Å²) in [6.45, 7) is 9.71. The minimum atomic E-state index is -1.80. The van der Waals surface area contributed by atoms with Crippen LogP contribution in [0.4, 0.5) is 0 Å². The van der Waals surface area contributed by atoms with Gasteiger partial charge in [-0.2, -0.15) is 4.89 Å². The Morgan fingerprint density at radius 1 is 1.00 bits per heavy atom. The minimum Gasteiger partial charge on any atom is -0.245 e. The van der Waals surface area contributed by atoms with Crippen LogP contribution in [0.25, 0.3) is 0 Å². The van der Waals surface area contributed by atoms with Gasteiger partial charge in [-0.25, -0.2) is 24.3 Å². The molecule has 0 aliphatic carbocycles. The molecule has 3 atom stereocenters. The Labute approximate surface area is 178 Å². The van der Waals surface area contributed by atoms with Crippen molar-refractivity contribution in [2.45, 2.75) is 108 Å². The number of carbonyl (C=O) groups excluding carboxylic acids is 2. The Morgan fingerprint density at radius 3 is 2.11 bits per heavy atom. The lowest BCUT2D eigenvalue weighted by molar-refractivity contribution is -0.476. The molecule has 1 rings (SSSR count). The van der Waals surface area contributed by atoms with Crippen LogP contribution in [0.2, 0.25) is 0 Å². The largest absolute Gasteiger partial charge is 0.408 e. The van der Waals surface area contributed by atoms with Crippen molar-refractivity contribution in [3.8, 4) is 0 Å². The molecular formula is C20H34Cl2O6. The molecule has 0 aromatic rings. The average molecular weight is 441 g/mol. The van der Waals surface area contributed by atoms with Crippen molar-refractivity contribution in [1.82, 2.24) is 0 Å². The highest BCUT2D eigenvalue weighted by atomic mass is 35.5. The summed E-state index contributed by atoms with van der Waals surface area (Å²) >= 11 is 12.8. The summed E-state index contributed by atoms with van der Waals surface area (Å²) in [5.74, 6) is -1.83. The Hall–Kier alpha value is -0.560. The molecule has 164 valence electrons. The second kappa shape index (κ2) is 11.0. The third-order valence-electron chi connectivity index (χ3n) is 5.13. The molecule has 1 heterocycles. The number of hydrogen-bond acceptors (Lipinski definition) is 6. The van der Waals surface area contributed by atoms with E-state index in [2.05, 4.69) is 13.8 Å². The van der Waals surface area contributed by atoms with Crippen molar-refractivity contribution in [1.29, 1.82) is 0 Å². The molecule has 0 amide bonds. The van der Waals surface area contributed by atoms with Gasteiger partial charge in [0.15, 0.2) is 11.0 Å². The fourth-order valence-corrected chi connectivity index (χ4v) is 3.34. The van der Waals surface area contributed by atoms with Crippen molar-refractivity contribution in [2.75, 3.05) is 0 Å². The molecular weight excluding hydrogens is 407 g/mol. The van der Waals surface area contributed by atoms with Crippen molar-refractivity contribution < 1.29 is 29.1 Å². The number of halogens is 2. The van der Waals surface area contributed by atoms with Crippen molar-refractivity contribution in [2.24, 2.45) is 5.41 Å². The fourth-order valence-electron chi connectivity index (χ4n) is 2.96. The van der Waals surface area contributed by atoms with Crippen LogP contribution < -0.4 is 0 Å². The lowest BCUT2D eigenvalue weighted by Gasteiger charge is -2.39. The SMILES string of the molecule is CCCCCCC(Cl)(C(=O)OOC(=O)C1(Cl)OOC1CCCCC)C(C)(C)C. The molecule has 0 bridgehead atoms. The molecule has 8 heteroatoms. The van der Waals surface area contributed by atoms with Gasteiger partial charge < -0.3 is 0 Å². The average Bonchev–Trinajstić information content (AvgIpc) is 2.63. The van der Waals surface area contributed by atoms with E-state index in [0.717, 1.165) is 44.9 Å². The Balaban J connectivity index is 2.64. The molecule has 1 saturated heterocycles. The van der Waals surface area contributed by atoms with E-state index >= 15 is 0 Å². The molecule has 6 nitrogen and oxygen atoms in total. The van der Waals surface area contributed by atoms with Gasteiger partial charge in [0.25, 0.3) is 0 Å². The van der Waals surface area contributed by atoms with Gasteiger partial charge in [0.2, 0.25) is 0 Å². The van der Waals surface area contributed by atoms with Gasteiger partial charge in [0.1, 0.15) is 0 Å². The van der Waals surface area contributed by atoms with Gasteiger partial charge in [-0.05, 0) is 18.3 Å². The van der Waals surface area contributed by atoms with E-state index in [-0.39, 0.29) is 0 Å². The first-order valence-electron chi connectivity index (χ1n) is 10.2. The molecule has 0 spiro atoms. The quantitative estimate of drug-likeness (QED) is 0.174. The standard InChI is InChI=1S/C20H34Cl2O6/c1-6-8-10-12-14-19(21,18(3,4)5)16(23)26-27-17(24)20(22)15(25-28-20)13-11-9-7-2/h15H,6-14H2,1-5H3. The van der Waals surface area contributed by atoms with Crippen LogP contribution in [0.15, 0.2) is 0 Å². The molecule has 3 unspecified atom stereocenters. The lowest BCUT2D eigenvalue weighted by Crippen LogP contribution is -2.58. The highest BCUT2D eigenvalue weighted by Gasteiger charge is 2.59. The van der Waals surface area contributed by atoms with Crippen LogP contribution in [0.3, 0.4) is 0 Å². The summed E-state index contributed by atoms with van der Waals surface area (Å²) in [7, 11) is 0. The van der Waals surface area contributed by atoms with E-state index in [9.17, 15) is 9.59 Å². The molecule has 0 radical (unpaired) electrons. The van der Waals surface area contributed by atoms with E-state index < -0.39 is 33.4 Å². The molecule has 0 aromatic carbocycles. The fraction of sp³-hybridized carbons (Fsp3) is 0.900. The summed E-state index contributed by atoms with van der Waals surface area (Å²) < 4.78 is 0. The van der Waals surface area contributed by atoms with Crippen molar-refractivity contribution >= 4 is 35.1 Å². The zero-order valence-electron chi connectivity index (χ0n) is 17.6. The molecule has 0 saturated carbocycles. The zero-order valence-corrected chi connectivity index (χ0v) is 19.2. The van der Waals surface area contributed by atoms with Crippen molar-refractivity contribution in [3.05, 3.63) is 0 Å². The van der Waals surface area contributed by atoms with Gasteiger partial charge >= 0.3 is 17.0 Å². The molecule has 0 aromatic heterocycles. The van der Waals surface area contributed by atoms with Gasteiger partial charge in [-0.15, -0.1) is 11.6 Å². The molecule has 0 N–H and O–H groups in total. The minimum absolute atomic E-state index is 0.416. The Morgan fingerprint density at radius 2 is 1.61 bits per heavy atom. The second-order valence-corrected chi connectivity index (χ2v) is 9.62. The summed E-state index contributed by atoms with van der Waals surface area (Å²) in [6.07, 6.45) is 7.01. The first-order chi connectivity index (χ1) is 13.0. The van der Waals surface area contributed by atoms with E-state index in [1.54, 1.807) is 0 Å². The first-order valence-corrected chi connectivity index (χ1v) is 10.9. The van der Waals surface area contributed by atoms with Gasteiger partial charge in [-0.3, -0.25) is 0 Å². The van der Waals surface area contributed by atoms with Crippen LogP contribution in [-0.2, 0) is 29.1 Å². The molecule has 1 aliphatic heterocycles. The zero-order chi connectivity index (χ0) is 21.4. The Bertz CT molecular complexity index is 521. The van der Waals surface area contributed by atoms with Crippen molar-refractivity contribution in [3.63, 3.8) is 0 Å². The molecule has 28 heavy (non-hydrogen) atoms. The monoisotopic (exact) mass is 440 g/mol. The molecule has 1 aliphatic rings. The maximum absolute atomic E-state index is 12.7. The maximum atomic E-state index is 12.7. The third kappa shape index (κ3) is 6.22. The Kier molecular flexibility index (Phi) is 10.0. The number of alkyl halides is 2. The summed E-state index contributed by atoms with van der Waals surface area (Å²) in [5.41, 5.74) is -0.596. The van der Waals surface area contributed by atoms with E-state index in [0.29, 0.717) is 12.8 Å². The van der Waals surface area contributed by atoms with E-state index in [1.165, 1.54) is 0 Å². The predicted molar refractivity (Wildman–Crippen MR) is 108 cm³/mol. The smallest absolute Gasteiger partial charge is 0.245 e. The maximum Gasteiger partial charge on any atom is 0.408 e. The second-order valence-electron chi connectivity index (χ2n) is 8.41. The van der Waals surface area contributed by atoms with Gasteiger partial charge in [0, 0.05) is 0 Å². The summed E-state index contributed by atoms with van der Waals surface area (Å²) in [5, 5.41) is -1.80. The van der Waals surface area contributed by atoms with E-state index in [1.807, 2.05) is 20.8 Å². The van der Waals surface area contributed by atoms with Gasteiger partial charge in [-0.1, -0.05) is 91.2 Å². The van der Waals surface area contributed by atoms with E-state index in [4.69, 9.17) is 42.8 Å². The van der Waals surface area contributed by atoms with Crippen LogP contribution in [0, 0.1) is 5.41 Å². The molecule has 1 fully saturated rings. The highest BCUT2D eigenvalue weighted by Crippen LogP contribution is 2.43. The number of rotatable bonds is 11. The van der Waals surface area contributed by atoms with Crippen LogP contribution in [0.5, 0.6) is 0 Å². The van der Waals surface area contributed by atoms with Crippen LogP contribution >= 0.6 is 23.2 Å². The highest BCUT2D eigenvalue weighted by molar-refractivity contribution is 6.35. The lowest BCUT2D eigenvalue weighted by atomic mass is 9.77. The summed E-state index contributed by atoms with van der Waals surface area (Å²) in [4.78, 5) is 42.8. The number of hydrogen-bond donors (Lipinski definition) is 0. The van der Waals surface area contributed by atoms with Crippen LogP contribution in [-0.4, -0.2) is 28.0 Å². The topological polar surface area (TPSA) is 71.1 Å².